The predicted octanol–water partition coefficient (Wildman–Crippen LogP) is 2.21. The number of aromatic hydroxyl groups is 1. The molecular formula is C13H12N2Na2O3. The molecule has 0 fully saturated rings. The maximum atomic E-state index is 10.8. The molecule has 0 aliphatic carbocycles. The van der Waals surface area contributed by atoms with Gasteiger partial charge in [0.25, 0.3) is 0 Å². The van der Waals surface area contributed by atoms with Gasteiger partial charge in [0, 0.05) is 0 Å². The molecule has 0 radical (unpaired) electrons. The Balaban J connectivity index is 0.00000180. The van der Waals surface area contributed by atoms with E-state index in [0.717, 1.165) is 0 Å². The molecule has 0 spiro atoms. The number of hydrogen-bond acceptors (Lipinski definition) is 4. The molecule has 94 valence electrons. The van der Waals surface area contributed by atoms with Crippen molar-refractivity contribution in [3.63, 3.8) is 0 Å². The van der Waals surface area contributed by atoms with Crippen molar-refractivity contribution >= 4 is 76.5 Å². The number of carbonyl (C=O) groups is 1. The van der Waals surface area contributed by atoms with Gasteiger partial charge in [0.2, 0.25) is 0 Å². The summed E-state index contributed by atoms with van der Waals surface area (Å²) in [7, 11) is 0. The van der Waals surface area contributed by atoms with Crippen LogP contribution in [0.15, 0.2) is 58.8 Å². The van der Waals surface area contributed by atoms with Gasteiger partial charge in [0.05, 0.1) is 11.4 Å². The molecule has 0 aliphatic heterocycles. The summed E-state index contributed by atoms with van der Waals surface area (Å²) in [5, 5.41) is 26.0. The van der Waals surface area contributed by atoms with Crippen LogP contribution in [0, 0.1) is 0 Å². The second-order valence-corrected chi connectivity index (χ2v) is 3.54. The Labute approximate surface area is 160 Å². The third kappa shape index (κ3) is 5.36. The van der Waals surface area contributed by atoms with Crippen molar-refractivity contribution in [2.75, 3.05) is 0 Å². The van der Waals surface area contributed by atoms with Crippen molar-refractivity contribution in [3.05, 3.63) is 54.1 Å². The molecule has 0 saturated heterocycles. The Morgan fingerprint density at radius 3 is 2.10 bits per heavy atom. The van der Waals surface area contributed by atoms with Crippen molar-refractivity contribution < 1.29 is 15.0 Å². The number of nitrogens with zero attached hydrogens (tertiary/aromatic N) is 2. The van der Waals surface area contributed by atoms with Crippen LogP contribution < -0.4 is 0 Å². The third-order valence-corrected chi connectivity index (χ3v) is 2.25. The van der Waals surface area contributed by atoms with Gasteiger partial charge in [-0.2, -0.15) is 10.2 Å². The minimum absolute atomic E-state index is 0. The zero-order chi connectivity index (χ0) is 13.0. The molecule has 0 aromatic heterocycles. The average molecular weight is 290 g/mol. The number of hydrogen-bond donors (Lipinski definition) is 2. The summed E-state index contributed by atoms with van der Waals surface area (Å²) in [6, 6.07) is 13.1. The zero-order valence-corrected chi connectivity index (χ0v) is 9.32. The molecule has 2 aromatic carbocycles. The van der Waals surface area contributed by atoms with Gasteiger partial charge in [-0.25, -0.2) is 4.79 Å². The predicted molar refractivity (Wildman–Crippen MR) is 80.0 cm³/mol. The second-order valence-electron chi connectivity index (χ2n) is 3.54. The number of phenols is 1. The molecule has 7 heteroatoms. The fraction of sp³-hybridized carbons (Fsp3) is 0. The second kappa shape index (κ2) is 9.28. The molecule has 2 N–H and O–H groups in total. The summed E-state index contributed by atoms with van der Waals surface area (Å²) in [6.45, 7) is 0. The molecule has 5 nitrogen and oxygen atoms in total. The molecule has 0 atom stereocenters. The van der Waals surface area contributed by atoms with Crippen LogP contribution in [-0.4, -0.2) is 75.3 Å². The molecule has 20 heavy (non-hydrogen) atoms. The summed E-state index contributed by atoms with van der Waals surface area (Å²) in [6.07, 6.45) is 0. The van der Waals surface area contributed by atoms with Crippen LogP contribution in [0.3, 0.4) is 0 Å². The van der Waals surface area contributed by atoms with Gasteiger partial charge in [-0.3, -0.25) is 0 Å². The maximum absolute atomic E-state index is 10.8. The topological polar surface area (TPSA) is 82.2 Å². The fourth-order valence-electron chi connectivity index (χ4n) is 1.37. The van der Waals surface area contributed by atoms with E-state index in [4.69, 9.17) is 5.11 Å². The molecule has 0 saturated carbocycles. The summed E-state index contributed by atoms with van der Waals surface area (Å²) < 4.78 is 0. The summed E-state index contributed by atoms with van der Waals surface area (Å²) in [4.78, 5) is 10.8. The molecular weight excluding hydrogens is 278 g/mol. The van der Waals surface area contributed by atoms with Crippen LogP contribution >= 0.6 is 0 Å². The van der Waals surface area contributed by atoms with Crippen LogP contribution in [0.1, 0.15) is 10.4 Å². The first kappa shape index (κ1) is 19.3. The first-order valence-corrected chi connectivity index (χ1v) is 5.20. The van der Waals surface area contributed by atoms with Crippen molar-refractivity contribution in [3.8, 4) is 5.75 Å². The van der Waals surface area contributed by atoms with E-state index < -0.39 is 5.97 Å². The molecule has 0 bridgehead atoms. The van der Waals surface area contributed by atoms with E-state index in [-0.39, 0.29) is 70.4 Å². The van der Waals surface area contributed by atoms with Crippen molar-refractivity contribution in [2.45, 2.75) is 0 Å². The molecule has 0 unspecified atom stereocenters. The molecule has 2 aromatic rings. The van der Waals surface area contributed by atoms with Gasteiger partial charge in [-0.15, -0.1) is 0 Å². The SMILES string of the molecule is O=C(O)c1cc(N=Nc2ccccc2)ccc1O.[NaH].[NaH]. The van der Waals surface area contributed by atoms with E-state index in [2.05, 4.69) is 10.2 Å². The number of carboxylic acid groups (broad SMARTS) is 1. The van der Waals surface area contributed by atoms with Crippen LogP contribution in [0.4, 0.5) is 11.4 Å². The fourth-order valence-corrected chi connectivity index (χ4v) is 1.37. The van der Waals surface area contributed by atoms with Gasteiger partial charge in [-0.1, -0.05) is 18.2 Å². The van der Waals surface area contributed by atoms with Gasteiger partial charge in [0.15, 0.2) is 0 Å². The number of benzene rings is 2. The Bertz CT molecular complexity index is 604. The normalized spacial score (nSPS) is 9.60. The summed E-state index contributed by atoms with van der Waals surface area (Å²) in [5.74, 6) is -1.49. The number of aromatic carboxylic acids is 1. The third-order valence-electron chi connectivity index (χ3n) is 2.25. The van der Waals surface area contributed by atoms with Crippen LogP contribution in [-0.2, 0) is 0 Å². The zero-order valence-electron chi connectivity index (χ0n) is 9.32. The summed E-state index contributed by atoms with van der Waals surface area (Å²) in [5.41, 5.74) is 0.844. The van der Waals surface area contributed by atoms with Gasteiger partial charge in [0.1, 0.15) is 11.3 Å². The van der Waals surface area contributed by atoms with Gasteiger partial charge >= 0.3 is 65.1 Å². The van der Waals surface area contributed by atoms with Crippen molar-refractivity contribution in [1.29, 1.82) is 0 Å². The monoisotopic (exact) mass is 290 g/mol. The van der Waals surface area contributed by atoms with Crippen LogP contribution in [0.2, 0.25) is 0 Å². The average Bonchev–Trinajstić information content (AvgIpc) is 2.38. The van der Waals surface area contributed by atoms with Crippen molar-refractivity contribution in [1.82, 2.24) is 0 Å². The van der Waals surface area contributed by atoms with E-state index in [1.54, 1.807) is 12.1 Å². The molecule has 0 amide bonds. The minimum atomic E-state index is -1.20. The van der Waals surface area contributed by atoms with Crippen LogP contribution in [0.25, 0.3) is 0 Å². The van der Waals surface area contributed by atoms with Crippen molar-refractivity contribution in [2.24, 2.45) is 10.2 Å². The molecule has 2 rings (SSSR count). The van der Waals surface area contributed by atoms with E-state index in [0.29, 0.717) is 11.4 Å². The van der Waals surface area contributed by atoms with Gasteiger partial charge < -0.3 is 10.2 Å². The standard InChI is InChI=1S/C13H10N2O3.2Na.2H/c16-12-7-6-10(8-11(12)13(17)18)15-14-9-4-2-1-3-5-9;;;;/h1-8,16H,(H,17,18);;;;. The summed E-state index contributed by atoms with van der Waals surface area (Å²) >= 11 is 0. The Hall–Kier alpha value is -0.690. The van der Waals surface area contributed by atoms with E-state index >= 15 is 0 Å². The van der Waals surface area contributed by atoms with Crippen LogP contribution in [0.5, 0.6) is 5.75 Å². The Morgan fingerprint density at radius 2 is 1.50 bits per heavy atom. The Morgan fingerprint density at radius 1 is 0.900 bits per heavy atom. The first-order chi connectivity index (χ1) is 8.66. The molecule has 0 heterocycles. The number of rotatable bonds is 3. The van der Waals surface area contributed by atoms with E-state index in [9.17, 15) is 9.90 Å². The Kier molecular flexibility index (Phi) is 8.96. The van der Waals surface area contributed by atoms with E-state index in [1.807, 2.05) is 18.2 Å². The van der Waals surface area contributed by atoms with Gasteiger partial charge in [-0.05, 0) is 30.3 Å². The van der Waals surface area contributed by atoms with E-state index in [1.165, 1.54) is 18.2 Å². The first-order valence-electron chi connectivity index (χ1n) is 5.20. The number of azo groups is 1. The molecule has 0 aliphatic rings. The number of carboxylic acids is 1. The quantitative estimate of drug-likeness (QED) is 0.671.